The number of hydroxylamine groups is 1. The summed E-state index contributed by atoms with van der Waals surface area (Å²) in [6.07, 6.45) is 7.44. The molecule has 0 aliphatic heterocycles. The first kappa shape index (κ1) is 15.9. The Morgan fingerprint density at radius 3 is 2.42 bits per heavy atom. The Labute approximate surface area is 117 Å². The minimum absolute atomic E-state index is 0.135. The highest BCUT2D eigenvalue weighted by Crippen LogP contribution is 2.22. The molecule has 0 spiro atoms. The van der Waals surface area contributed by atoms with Gasteiger partial charge in [0.1, 0.15) is 6.10 Å². The van der Waals surface area contributed by atoms with Crippen molar-refractivity contribution >= 4 is 0 Å². The first-order valence-electron chi connectivity index (χ1n) is 7.38. The molecule has 0 bridgehead atoms. The minimum atomic E-state index is 0.135. The topological polar surface area (TPSA) is 21.3 Å². The van der Waals surface area contributed by atoms with Crippen LogP contribution in [0.1, 0.15) is 57.6 Å². The van der Waals surface area contributed by atoms with Gasteiger partial charge < -0.3 is 0 Å². The summed E-state index contributed by atoms with van der Waals surface area (Å²) in [6.45, 7) is 8.19. The van der Waals surface area contributed by atoms with E-state index >= 15 is 0 Å². The molecule has 1 aromatic carbocycles. The van der Waals surface area contributed by atoms with Gasteiger partial charge in [-0.1, -0.05) is 63.1 Å². The van der Waals surface area contributed by atoms with Crippen molar-refractivity contribution in [3.05, 3.63) is 48.6 Å². The Bertz CT molecular complexity index is 336. The van der Waals surface area contributed by atoms with Crippen LogP contribution in [0.3, 0.4) is 0 Å². The lowest BCUT2D eigenvalue weighted by atomic mass is 10.1. The zero-order valence-electron chi connectivity index (χ0n) is 12.3. The molecule has 1 rings (SSSR count). The van der Waals surface area contributed by atoms with E-state index in [9.17, 15) is 0 Å². The summed E-state index contributed by atoms with van der Waals surface area (Å²) >= 11 is 0. The molecule has 106 valence electrons. The molecule has 0 aliphatic carbocycles. The van der Waals surface area contributed by atoms with Crippen LogP contribution in [0, 0.1) is 0 Å². The van der Waals surface area contributed by atoms with Gasteiger partial charge in [-0.3, -0.25) is 4.84 Å². The SMILES string of the molecule is C=CCC(CCC)NOC(CCC)c1ccccc1. The van der Waals surface area contributed by atoms with Crippen molar-refractivity contribution in [3.8, 4) is 0 Å². The van der Waals surface area contributed by atoms with Crippen molar-refractivity contribution in [1.82, 2.24) is 5.48 Å². The molecule has 2 atom stereocenters. The Balaban J connectivity index is 2.55. The van der Waals surface area contributed by atoms with Gasteiger partial charge in [-0.25, -0.2) is 0 Å². The standard InChI is InChI=1S/C17H27NO/c1-4-10-16(11-5-2)18-19-17(12-6-3)15-13-8-7-9-14-15/h4,7-9,13-14,16-18H,1,5-6,10-12H2,2-3H3. The molecule has 0 aromatic heterocycles. The number of nitrogens with one attached hydrogen (secondary N) is 1. The van der Waals surface area contributed by atoms with E-state index in [2.05, 4.69) is 50.2 Å². The molecule has 1 aromatic rings. The summed E-state index contributed by atoms with van der Waals surface area (Å²) in [4.78, 5) is 5.94. The molecule has 2 nitrogen and oxygen atoms in total. The van der Waals surface area contributed by atoms with Crippen LogP contribution in [0.2, 0.25) is 0 Å². The van der Waals surface area contributed by atoms with E-state index in [1.807, 2.05) is 12.1 Å². The highest BCUT2D eigenvalue weighted by Gasteiger charge is 2.13. The molecule has 0 fully saturated rings. The van der Waals surface area contributed by atoms with Crippen molar-refractivity contribution in [2.24, 2.45) is 0 Å². The fourth-order valence-electron chi connectivity index (χ4n) is 2.18. The highest BCUT2D eigenvalue weighted by atomic mass is 16.7. The van der Waals surface area contributed by atoms with Crippen LogP contribution in [-0.4, -0.2) is 6.04 Å². The van der Waals surface area contributed by atoms with Gasteiger partial charge in [0.25, 0.3) is 0 Å². The molecule has 1 N–H and O–H groups in total. The molecule has 2 heteroatoms. The average molecular weight is 261 g/mol. The molecular weight excluding hydrogens is 234 g/mol. The molecule has 0 aliphatic rings. The molecular formula is C17H27NO. The molecule has 2 unspecified atom stereocenters. The summed E-state index contributed by atoms with van der Waals surface area (Å²) in [7, 11) is 0. The van der Waals surface area contributed by atoms with Crippen LogP contribution in [0.15, 0.2) is 43.0 Å². The lowest BCUT2D eigenvalue weighted by molar-refractivity contribution is -0.0509. The summed E-state index contributed by atoms with van der Waals surface area (Å²) < 4.78 is 0. The number of benzene rings is 1. The first-order chi connectivity index (χ1) is 9.31. The monoisotopic (exact) mass is 261 g/mol. The van der Waals surface area contributed by atoms with E-state index < -0.39 is 0 Å². The van der Waals surface area contributed by atoms with Crippen molar-refractivity contribution in [2.75, 3.05) is 0 Å². The Hall–Kier alpha value is -1.12. The number of hydrogen-bond donors (Lipinski definition) is 1. The van der Waals surface area contributed by atoms with E-state index in [0.717, 1.165) is 32.1 Å². The van der Waals surface area contributed by atoms with Gasteiger partial charge in [-0.05, 0) is 24.8 Å². The first-order valence-corrected chi connectivity index (χ1v) is 7.38. The molecule has 0 saturated heterocycles. The number of hydrogen-bond acceptors (Lipinski definition) is 2. The normalized spacial score (nSPS) is 14.0. The molecule has 0 amide bonds. The van der Waals surface area contributed by atoms with Crippen molar-refractivity contribution < 1.29 is 4.84 Å². The average Bonchev–Trinajstić information content (AvgIpc) is 2.44. The lowest BCUT2D eigenvalue weighted by Gasteiger charge is -2.22. The summed E-state index contributed by atoms with van der Waals surface area (Å²) in [5.41, 5.74) is 4.48. The Morgan fingerprint density at radius 2 is 1.84 bits per heavy atom. The third kappa shape index (κ3) is 6.04. The maximum absolute atomic E-state index is 5.94. The van der Waals surface area contributed by atoms with Gasteiger partial charge in [0.15, 0.2) is 0 Å². The second-order valence-electron chi connectivity index (χ2n) is 4.93. The van der Waals surface area contributed by atoms with Gasteiger partial charge in [-0.15, -0.1) is 6.58 Å². The van der Waals surface area contributed by atoms with Crippen molar-refractivity contribution in [2.45, 2.75) is 58.1 Å². The van der Waals surface area contributed by atoms with Crippen molar-refractivity contribution in [3.63, 3.8) is 0 Å². The third-order valence-electron chi connectivity index (χ3n) is 3.19. The van der Waals surface area contributed by atoms with E-state index in [1.165, 1.54) is 5.56 Å². The van der Waals surface area contributed by atoms with Gasteiger partial charge in [-0.2, -0.15) is 5.48 Å². The zero-order valence-corrected chi connectivity index (χ0v) is 12.3. The third-order valence-corrected chi connectivity index (χ3v) is 3.19. The van der Waals surface area contributed by atoms with Crippen molar-refractivity contribution in [1.29, 1.82) is 0 Å². The second kappa shape index (κ2) is 9.76. The van der Waals surface area contributed by atoms with Crippen LogP contribution >= 0.6 is 0 Å². The lowest BCUT2D eigenvalue weighted by Crippen LogP contribution is -2.30. The zero-order chi connectivity index (χ0) is 13.9. The fourth-order valence-corrected chi connectivity index (χ4v) is 2.18. The second-order valence-corrected chi connectivity index (χ2v) is 4.93. The van der Waals surface area contributed by atoms with Gasteiger partial charge in [0.2, 0.25) is 0 Å². The highest BCUT2D eigenvalue weighted by molar-refractivity contribution is 5.17. The smallest absolute Gasteiger partial charge is 0.104 e. The summed E-state index contributed by atoms with van der Waals surface area (Å²) in [5.74, 6) is 0. The van der Waals surface area contributed by atoms with Gasteiger partial charge in [0, 0.05) is 6.04 Å². The van der Waals surface area contributed by atoms with E-state index in [0.29, 0.717) is 6.04 Å². The molecule has 0 heterocycles. The van der Waals surface area contributed by atoms with Gasteiger partial charge >= 0.3 is 0 Å². The molecule has 19 heavy (non-hydrogen) atoms. The number of rotatable bonds is 10. The minimum Gasteiger partial charge on any atom is -0.293 e. The van der Waals surface area contributed by atoms with Gasteiger partial charge in [0.05, 0.1) is 0 Å². The van der Waals surface area contributed by atoms with E-state index in [-0.39, 0.29) is 6.10 Å². The molecule has 0 saturated carbocycles. The maximum Gasteiger partial charge on any atom is 0.104 e. The van der Waals surface area contributed by atoms with Crippen LogP contribution in [-0.2, 0) is 4.84 Å². The molecule has 0 radical (unpaired) electrons. The fraction of sp³-hybridized carbons (Fsp3) is 0.529. The van der Waals surface area contributed by atoms with E-state index in [4.69, 9.17) is 4.84 Å². The Kier molecular flexibility index (Phi) is 8.19. The van der Waals surface area contributed by atoms with Crippen LogP contribution in [0.25, 0.3) is 0 Å². The van der Waals surface area contributed by atoms with Crippen LogP contribution in [0.5, 0.6) is 0 Å². The summed E-state index contributed by atoms with van der Waals surface area (Å²) in [5, 5.41) is 0. The summed E-state index contributed by atoms with van der Waals surface area (Å²) in [6, 6.07) is 10.8. The van der Waals surface area contributed by atoms with Crippen LogP contribution < -0.4 is 5.48 Å². The maximum atomic E-state index is 5.94. The predicted molar refractivity (Wildman–Crippen MR) is 81.8 cm³/mol. The van der Waals surface area contributed by atoms with Crippen LogP contribution in [0.4, 0.5) is 0 Å². The predicted octanol–water partition coefficient (Wildman–Crippen LogP) is 4.79. The largest absolute Gasteiger partial charge is 0.293 e. The van der Waals surface area contributed by atoms with E-state index in [1.54, 1.807) is 0 Å². The quantitative estimate of drug-likeness (QED) is 0.483. The Morgan fingerprint density at radius 1 is 1.16 bits per heavy atom.